The van der Waals surface area contributed by atoms with E-state index in [1.807, 2.05) is 6.07 Å². The Kier molecular flexibility index (Phi) is 9.59. The lowest BCUT2D eigenvalue weighted by atomic mass is 10.0. The fourth-order valence-electron chi connectivity index (χ4n) is 4.38. The molecule has 0 aromatic heterocycles. The van der Waals surface area contributed by atoms with Gasteiger partial charge in [0.05, 0.1) is 7.11 Å². The zero-order valence-electron chi connectivity index (χ0n) is 19.4. The molecule has 0 unspecified atom stereocenters. The molecule has 0 bridgehead atoms. The Morgan fingerprint density at radius 3 is 2.62 bits per heavy atom. The largest absolute Gasteiger partial charge is 0.494 e. The van der Waals surface area contributed by atoms with Crippen LogP contribution < -0.4 is 15.4 Å². The highest BCUT2D eigenvalue weighted by Crippen LogP contribution is 2.22. The quantitative estimate of drug-likeness (QED) is 0.262. The van der Waals surface area contributed by atoms with Crippen LogP contribution in [-0.4, -0.2) is 62.8 Å². The van der Waals surface area contributed by atoms with E-state index in [0.29, 0.717) is 19.0 Å². The van der Waals surface area contributed by atoms with Gasteiger partial charge in [0.2, 0.25) is 0 Å². The number of guanidine groups is 1. The SMILES string of the molecule is CN=C(NCCCC(=O)OC1CCCC1)NC1CCN(Cc2ccc(OC)c(F)c2)CC1. The van der Waals surface area contributed by atoms with Crippen LogP contribution in [0.3, 0.4) is 0 Å². The lowest BCUT2D eigenvalue weighted by molar-refractivity contribution is -0.148. The van der Waals surface area contributed by atoms with Crippen molar-refractivity contribution in [1.29, 1.82) is 0 Å². The van der Waals surface area contributed by atoms with Gasteiger partial charge in [-0.05, 0) is 62.6 Å². The minimum atomic E-state index is -0.316. The highest BCUT2D eigenvalue weighted by molar-refractivity contribution is 5.80. The first-order chi connectivity index (χ1) is 15.6. The maximum atomic E-state index is 13.9. The van der Waals surface area contributed by atoms with E-state index in [-0.39, 0.29) is 23.6 Å². The molecule has 0 spiro atoms. The number of aliphatic imine (C=N–C) groups is 1. The van der Waals surface area contributed by atoms with Crippen LogP contribution >= 0.6 is 0 Å². The molecule has 1 saturated heterocycles. The van der Waals surface area contributed by atoms with E-state index in [9.17, 15) is 9.18 Å². The summed E-state index contributed by atoms with van der Waals surface area (Å²) >= 11 is 0. The number of methoxy groups -OCH3 is 1. The van der Waals surface area contributed by atoms with Crippen LogP contribution in [-0.2, 0) is 16.1 Å². The number of carbonyl (C=O) groups is 1. The molecule has 8 heteroatoms. The zero-order valence-corrected chi connectivity index (χ0v) is 19.4. The summed E-state index contributed by atoms with van der Waals surface area (Å²) in [6, 6.07) is 5.50. The van der Waals surface area contributed by atoms with Crippen molar-refractivity contribution >= 4 is 11.9 Å². The van der Waals surface area contributed by atoms with E-state index in [4.69, 9.17) is 9.47 Å². The van der Waals surface area contributed by atoms with Crippen molar-refractivity contribution in [3.63, 3.8) is 0 Å². The summed E-state index contributed by atoms with van der Waals surface area (Å²) in [5.41, 5.74) is 0.957. The van der Waals surface area contributed by atoms with Gasteiger partial charge in [0, 0.05) is 45.7 Å². The molecule has 0 amide bonds. The summed E-state index contributed by atoms with van der Waals surface area (Å²) in [6.45, 7) is 3.30. The van der Waals surface area contributed by atoms with E-state index in [2.05, 4.69) is 20.5 Å². The normalized spacial score (nSPS) is 18.5. The molecule has 1 aliphatic heterocycles. The number of ether oxygens (including phenoxy) is 2. The van der Waals surface area contributed by atoms with Gasteiger partial charge in [0.15, 0.2) is 17.5 Å². The average Bonchev–Trinajstić information content (AvgIpc) is 3.30. The van der Waals surface area contributed by atoms with Gasteiger partial charge in [-0.3, -0.25) is 14.7 Å². The van der Waals surface area contributed by atoms with Crippen molar-refractivity contribution in [2.45, 2.75) is 70.1 Å². The van der Waals surface area contributed by atoms with Gasteiger partial charge >= 0.3 is 5.97 Å². The second-order valence-electron chi connectivity index (χ2n) is 8.66. The van der Waals surface area contributed by atoms with E-state index >= 15 is 0 Å². The predicted octanol–water partition coefficient (Wildman–Crippen LogP) is 3.23. The number of rotatable bonds is 9. The average molecular weight is 449 g/mol. The topological polar surface area (TPSA) is 75.2 Å². The number of halogens is 1. The molecule has 3 rings (SSSR count). The van der Waals surface area contributed by atoms with Crippen LogP contribution in [0.4, 0.5) is 4.39 Å². The second kappa shape index (κ2) is 12.6. The van der Waals surface area contributed by atoms with Crippen molar-refractivity contribution in [2.75, 3.05) is 33.8 Å². The van der Waals surface area contributed by atoms with E-state index < -0.39 is 0 Å². The number of esters is 1. The van der Waals surface area contributed by atoms with Crippen LogP contribution in [0.1, 0.15) is 56.9 Å². The molecular formula is C24H37FN4O3. The molecule has 2 aliphatic rings. The van der Waals surface area contributed by atoms with Crippen molar-refractivity contribution in [2.24, 2.45) is 4.99 Å². The van der Waals surface area contributed by atoms with Crippen LogP contribution in [0, 0.1) is 5.82 Å². The molecule has 0 atom stereocenters. The van der Waals surface area contributed by atoms with Gasteiger partial charge in [-0.2, -0.15) is 0 Å². The third-order valence-corrected chi connectivity index (χ3v) is 6.22. The summed E-state index contributed by atoms with van der Waals surface area (Å²) in [7, 11) is 3.24. The number of benzene rings is 1. The van der Waals surface area contributed by atoms with E-state index in [1.165, 1.54) is 20.0 Å². The third kappa shape index (κ3) is 7.65. The molecule has 1 aliphatic carbocycles. The summed E-state index contributed by atoms with van der Waals surface area (Å²) in [5, 5.41) is 6.78. The molecule has 0 radical (unpaired) electrons. The lowest BCUT2D eigenvalue weighted by Gasteiger charge is -2.33. The maximum Gasteiger partial charge on any atom is 0.306 e. The maximum absolute atomic E-state index is 13.9. The fourth-order valence-corrected chi connectivity index (χ4v) is 4.38. The number of likely N-dealkylation sites (tertiary alicyclic amines) is 1. The minimum absolute atomic E-state index is 0.0919. The fraction of sp³-hybridized carbons (Fsp3) is 0.667. The third-order valence-electron chi connectivity index (χ3n) is 6.22. The Hall–Kier alpha value is -2.35. The summed E-state index contributed by atoms with van der Waals surface area (Å²) in [6.07, 6.45) is 7.64. The molecule has 1 saturated carbocycles. The number of carbonyl (C=O) groups excluding carboxylic acids is 1. The molecule has 32 heavy (non-hydrogen) atoms. The standard InChI is InChI=1S/C24H37FN4O3/c1-26-24(27-13-5-8-23(30)32-20-6-3-4-7-20)28-19-11-14-29(15-12-19)17-18-9-10-22(31-2)21(25)16-18/h9-10,16,19-20H,3-8,11-15,17H2,1-2H3,(H2,26,27,28). The molecule has 1 aromatic carbocycles. The Morgan fingerprint density at radius 2 is 1.97 bits per heavy atom. The lowest BCUT2D eigenvalue weighted by Crippen LogP contribution is -2.48. The van der Waals surface area contributed by atoms with Gasteiger partial charge in [-0.15, -0.1) is 0 Å². The molecule has 178 valence electrons. The Labute approximate surface area is 190 Å². The Balaban J connectivity index is 1.31. The molecule has 2 N–H and O–H groups in total. The molecule has 1 heterocycles. The second-order valence-corrected chi connectivity index (χ2v) is 8.66. The first-order valence-electron chi connectivity index (χ1n) is 11.8. The smallest absolute Gasteiger partial charge is 0.306 e. The van der Waals surface area contributed by atoms with Crippen LogP contribution in [0.15, 0.2) is 23.2 Å². The highest BCUT2D eigenvalue weighted by Gasteiger charge is 2.21. The predicted molar refractivity (Wildman–Crippen MR) is 123 cm³/mol. The van der Waals surface area contributed by atoms with Crippen LogP contribution in [0.5, 0.6) is 5.75 Å². The van der Waals surface area contributed by atoms with E-state index in [0.717, 1.165) is 63.3 Å². The van der Waals surface area contributed by atoms with Crippen molar-refractivity contribution < 1.29 is 18.7 Å². The summed E-state index contributed by atoms with van der Waals surface area (Å²) in [5.74, 6) is 0.639. The van der Waals surface area contributed by atoms with Crippen molar-refractivity contribution in [3.05, 3.63) is 29.6 Å². The van der Waals surface area contributed by atoms with Crippen molar-refractivity contribution in [3.8, 4) is 5.75 Å². The number of hydrogen-bond acceptors (Lipinski definition) is 5. The van der Waals surface area contributed by atoms with Crippen molar-refractivity contribution in [1.82, 2.24) is 15.5 Å². The van der Waals surface area contributed by atoms with Crippen LogP contribution in [0.25, 0.3) is 0 Å². The summed E-state index contributed by atoms with van der Waals surface area (Å²) in [4.78, 5) is 18.6. The zero-order chi connectivity index (χ0) is 22.8. The molecular weight excluding hydrogens is 411 g/mol. The van der Waals surface area contributed by atoms with Gasteiger partial charge < -0.3 is 20.1 Å². The first-order valence-corrected chi connectivity index (χ1v) is 11.8. The van der Waals surface area contributed by atoms with Gasteiger partial charge in [-0.1, -0.05) is 6.07 Å². The monoisotopic (exact) mass is 448 g/mol. The molecule has 2 fully saturated rings. The van der Waals surface area contributed by atoms with Gasteiger partial charge in [0.1, 0.15) is 6.10 Å². The molecule has 7 nitrogen and oxygen atoms in total. The Bertz CT molecular complexity index is 760. The Morgan fingerprint density at radius 1 is 1.22 bits per heavy atom. The van der Waals surface area contributed by atoms with Gasteiger partial charge in [-0.25, -0.2) is 4.39 Å². The number of nitrogens with one attached hydrogen (secondary N) is 2. The van der Waals surface area contributed by atoms with E-state index in [1.54, 1.807) is 19.2 Å². The number of piperidine rings is 1. The minimum Gasteiger partial charge on any atom is -0.494 e. The number of hydrogen-bond donors (Lipinski definition) is 2. The molecule has 1 aromatic rings. The number of nitrogens with zero attached hydrogens (tertiary/aromatic N) is 2. The van der Waals surface area contributed by atoms with Gasteiger partial charge in [0.25, 0.3) is 0 Å². The first kappa shape index (κ1) is 24.3. The van der Waals surface area contributed by atoms with Crippen LogP contribution in [0.2, 0.25) is 0 Å². The highest BCUT2D eigenvalue weighted by atomic mass is 19.1. The summed E-state index contributed by atoms with van der Waals surface area (Å²) < 4.78 is 24.4.